The lowest BCUT2D eigenvalue weighted by Crippen LogP contribution is -2.32. The third kappa shape index (κ3) is 5.49. The zero-order chi connectivity index (χ0) is 22.5. The number of benzene rings is 1. The molecule has 1 aromatic carbocycles. The number of aryl methyl sites for hydroxylation is 1. The van der Waals surface area contributed by atoms with Gasteiger partial charge in [-0.05, 0) is 82.0 Å². The highest BCUT2D eigenvalue weighted by molar-refractivity contribution is 5.52. The quantitative estimate of drug-likeness (QED) is 0.636. The molecule has 0 unspecified atom stereocenters. The highest BCUT2D eigenvalue weighted by Crippen LogP contribution is 2.30. The summed E-state index contributed by atoms with van der Waals surface area (Å²) in [5.41, 5.74) is 3.20. The SMILES string of the molecule is COc1ccc(F)c(CNCC2CCC(Nc3nc4c(c(N(C)C)n3)CCCC4)CC2)c1. The van der Waals surface area contributed by atoms with E-state index in [1.54, 1.807) is 19.2 Å². The van der Waals surface area contributed by atoms with E-state index in [2.05, 4.69) is 29.6 Å². The standard InChI is InChI=1S/C25H36FN5O/c1-31(2)24-21-6-4-5-7-23(21)29-25(30-24)28-19-10-8-17(9-11-19)15-27-16-18-14-20(32-3)12-13-22(18)26/h12-14,17,19,27H,4-11,15-16H2,1-3H3,(H,28,29,30). The molecular weight excluding hydrogens is 405 g/mol. The maximum atomic E-state index is 14.0. The molecule has 1 fully saturated rings. The summed E-state index contributed by atoms with van der Waals surface area (Å²) in [5, 5.41) is 7.05. The molecule has 0 amide bonds. The fourth-order valence-corrected chi connectivity index (χ4v) is 4.93. The van der Waals surface area contributed by atoms with Crippen molar-refractivity contribution >= 4 is 11.8 Å². The zero-order valence-electron chi connectivity index (χ0n) is 19.6. The highest BCUT2D eigenvalue weighted by Gasteiger charge is 2.24. The first-order valence-corrected chi connectivity index (χ1v) is 11.9. The fourth-order valence-electron chi connectivity index (χ4n) is 4.93. The van der Waals surface area contributed by atoms with Crippen molar-refractivity contribution in [1.82, 2.24) is 15.3 Å². The van der Waals surface area contributed by atoms with Crippen molar-refractivity contribution < 1.29 is 9.13 Å². The number of nitrogens with one attached hydrogen (secondary N) is 2. The normalized spacial score (nSPS) is 20.5. The maximum absolute atomic E-state index is 14.0. The molecule has 0 bridgehead atoms. The van der Waals surface area contributed by atoms with Crippen LogP contribution in [0, 0.1) is 11.7 Å². The molecule has 1 heterocycles. The lowest BCUT2D eigenvalue weighted by Gasteiger charge is -2.30. The van der Waals surface area contributed by atoms with E-state index in [0.717, 1.165) is 56.8 Å². The summed E-state index contributed by atoms with van der Waals surface area (Å²) in [6, 6.07) is 5.31. The molecule has 2 N–H and O–H groups in total. The number of aromatic nitrogens is 2. The molecule has 6 nitrogen and oxygen atoms in total. The molecule has 0 radical (unpaired) electrons. The van der Waals surface area contributed by atoms with Crippen molar-refractivity contribution in [3.8, 4) is 5.75 Å². The van der Waals surface area contributed by atoms with Crippen LogP contribution in [-0.4, -0.2) is 43.8 Å². The van der Waals surface area contributed by atoms with Crippen LogP contribution in [0.25, 0.3) is 0 Å². The molecule has 4 rings (SSSR count). The van der Waals surface area contributed by atoms with Gasteiger partial charge in [0, 0.05) is 37.8 Å². The van der Waals surface area contributed by atoms with Crippen molar-refractivity contribution in [2.75, 3.05) is 38.0 Å². The number of fused-ring (bicyclic) bond motifs is 1. The van der Waals surface area contributed by atoms with Gasteiger partial charge in [0.2, 0.25) is 5.95 Å². The van der Waals surface area contributed by atoms with E-state index < -0.39 is 0 Å². The Morgan fingerprint density at radius 3 is 2.62 bits per heavy atom. The van der Waals surface area contributed by atoms with Gasteiger partial charge in [0.05, 0.1) is 12.8 Å². The average Bonchev–Trinajstić information content (AvgIpc) is 2.81. The summed E-state index contributed by atoms with van der Waals surface area (Å²) in [7, 11) is 5.74. The Labute approximate surface area is 191 Å². The Bertz CT molecular complexity index is 911. The minimum absolute atomic E-state index is 0.187. The fraction of sp³-hybridized carbons (Fsp3) is 0.600. The van der Waals surface area contributed by atoms with Crippen LogP contribution in [-0.2, 0) is 19.4 Å². The van der Waals surface area contributed by atoms with E-state index in [4.69, 9.17) is 14.7 Å². The number of halogens is 1. The van der Waals surface area contributed by atoms with Gasteiger partial charge in [-0.1, -0.05) is 0 Å². The summed E-state index contributed by atoms with van der Waals surface area (Å²) in [4.78, 5) is 11.8. The number of hydrogen-bond donors (Lipinski definition) is 2. The minimum Gasteiger partial charge on any atom is -0.497 e. The predicted molar refractivity (Wildman–Crippen MR) is 127 cm³/mol. The summed E-state index contributed by atoms with van der Waals surface area (Å²) in [5.74, 6) is 2.97. The number of methoxy groups -OCH3 is 1. The number of ether oxygens (including phenoxy) is 1. The van der Waals surface area contributed by atoms with Gasteiger partial charge in [-0.2, -0.15) is 4.98 Å². The van der Waals surface area contributed by atoms with E-state index in [9.17, 15) is 4.39 Å². The smallest absolute Gasteiger partial charge is 0.225 e. The van der Waals surface area contributed by atoms with Gasteiger partial charge in [0.25, 0.3) is 0 Å². The molecule has 32 heavy (non-hydrogen) atoms. The van der Waals surface area contributed by atoms with E-state index in [0.29, 0.717) is 29.8 Å². The van der Waals surface area contributed by atoms with Crippen LogP contribution in [0.3, 0.4) is 0 Å². The molecule has 2 aliphatic rings. The van der Waals surface area contributed by atoms with Crippen LogP contribution in [0.2, 0.25) is 0 Å². The van der Waals surface area contributed by atoms with E-state index >= 15 is 0 Å². The van der Waals surface area contributed by atoms with Crippen LogP contribution in [0.5, 0.6) is 5.75 Å². The van der Waals surface area contributed by atoms with Crippen LogP contribution >= 0.6 is 0 Å². The number of hydrogen-bond acceptors (Lipinski definition) is 6. The van der Waals surface area contributed by atoms with E-state index in [1.165, 1.54) is 30.2 Å². The largest absolute Gasteiger partial charge is 0.497 e. The molecule has 7 heteroatoms. The molecule has 0 saturated heterocycles. The third-order valence-electron chi connectivity index (χ3n) is 6.77. The van der Waals surface area contributed by atoms with E-state index in [-0.39, 0.29) is 5.82 Å². The Kier molecular flexibility index (Phi) is 7.45. The first-order chi connectivity index (χ1) is 15.5. The number of anilines is 2. The molecule has 174 valence electrons. The maximum Gasteiger partial charge on any atom is 0.225 e. The average molecular weight is 442 g/mol. The third-order valence-corrected chi connectivity index (χ3v) is 6.77. The second kappa shape index (κ2) is 10.5. The molecule has 1 aromatic heterocycles. The molecule has 0 atom stereocenters. The lowest BCUT2D eigenvalue weighted by molar-refractivity contribution is 0.323. The molecule has 2 aromatic rings. The van der Waals surface area contributed by atoms with Gasteiger partial charge < -0.3 is 20.3 Å². The lowest BCUT2D eigenvalue weighted by atomic mass is 9.86. The zero-order valence-corrected chi connectivity index (χ0v) is 19.6. The van der Waals surface area contributed by atoms with Crippen molar-refractivity contribution in [2.45, 2.75) is 64.0 Å². The summed E-state index contributed by atoms with van der Waals surface area (Å²) >= 11 is 0. The number of rotatable bonds is 8. The van der Waals surface area contributed by atoms with Gasteiger partial charge in [-0.3, -0.25) is 0 Å². The Morgan fingerprint density at radius 2 is 1.88 bits per heavy atom. The second-order valence-corrected chi connectivity index (χ2v) is 9.35. The van der Waals surface area contributed by atoms with E-state index in [1.807, 2.05) is 0 Å². The van der Waals surface area contributed by atoms with Crippen LogP contribution in [0.15, 0.2) is 18.2 Å². The van der Waals surface area contributed by atoms with Crippen LogP contribution in [0.1, 0.15) is 55.3 Å². The first-order valence-electron chi connectivity index (χ1n) is 11.9. The van der Waals surface area contributed by atoms with Crippen molar-refractivity contribution in [3.63, 3.8) is 0 Å². The van der Waals surface area contributed by atoms with Crippen molar-refractivity contribution in [2.24, 2.45) is 5.92 Å². The second-order valence-electron chi connectivity index (χ2n) is 9.35. The van der Waals surface area contributed by atoms with Gasteiger partial charge >= 0.3 is 0 Å². The predicted octanol–water partition coefficient (Wildman–Crippen LogP) is 4.33. The van der Waals surface area contributed by atoms with Crippen LogP contribution in [0.4, 0.5) is 16.2 Å². The Hall–Kier alpha value is -2.41. The molecule has 2 aliphatic carbocycles. The highest BCUT2D eigenvalue weighted by atomic mass is 19.1. The van der Waals surface area contributed by atoms with Crippen LogP contribution < -0.4 is 20.3 Å². The van der Waals surface area contributed by atoms with Gasteiger partial charge in [0.15, 0.2) is 0 Å². The van der Waals surface area contributed by atoms with Gasteiger partial charge in [-0.15, -0.1) is 0 Å². The van der Waals surface area contributed by atoms with Crippen molar-refractivity contribution in [1.29, 1.82) is 0 Å². The Balaban J connectivity index is 1.27. The molecule has 1 saturated carbocycles. The monoisotopic (exact) mass is 441 g/mol. The first kappa shape index (κ1) is 22.8. The topological polar surface area (TPSA) is 62.3 Å². The number of nitrogens with zero attached hydrogens (tertiary/aromatic N) is 3. The molecule has 0 spiro atoms. The van der Waals surface area contributed by atoms with Gasteiger partial charge in [0.1, 0.15) is 17.4 Å². The summed E-state index contributed by atoms with van der Waals surface area (Å²) in [6.07, 6.45) is 9.10. The van der Waals surface area contributed by atoms with Crippen molar-refractivity contribution in [3.05, 3.63) is 40.8 Å². The van der Waals surface area contributed by atoms with Gasteiger partial charge in [-0.25, -0.2) is 9.37 Å². The minimum atomic E-state index is -0.187. The molecular formula is C25H36FN5O. The Morgan fingerprint density at radius 1 is 1.09 bits per heavy atom. The summed E-state index contributed by atoms with van der Waals surface area (Å²) in [6.45, 7) is 1.43. The molecule has 0 aliphatic heterocycles. The summed E-state index contributed by atoms with van der Waals surface area (Å²) < 4.78 is 19.2.